The van der Waals surface area contributed by atoms with Crippen LogP contribution in [-0.4, -0.2) is 39.8 Å². The standard InChI is InChI=1S/C12H16N4O2/c13-5-1-4-11(12(17)18)16-6-2-3-10-9-14-7-8-15-10/h2-3,6-9,11H,1,4-5,13H2,(H,17,18)/b3-2+,16-6?. The van der Waals surface area contributed by atoms with Crippen LogP contribution in [0.3, 0.4) is 0 Å². The summed E-state index contributed by atoms with van der Waals surface area (Å²) in [5, 5.41) is 8.92. The Labute approximate surface area is 105 Å². The predicted octanol–water partition coefficient (Wildman–Crippen LogP) is 0.753. The summed E-state index contributed by atoms with van der Waals surface area (Å²) in [6, 6.07) is -0.736. The highest BCUT2D eigenvalue weighted by molar-refractivity contribution is 5.81. The first-order valence-corrected chi connectivity index (χ1v) is 5.62. The second-order valence-electron chi connectivity index (χ2n) is 3.57. The summed E-state index contributed by atoms with van der Waals surface area (Å²) in [4.78, 5) is 22.8. The molecule has 96 valence electrons. The lowest BCUT2D eigenvalue weighted by Crippen LogP contribution is -2.19. The number of allylic oxidation sites excluding steroid dienone is 1. The van der Waals surface area contributed by atoms with Gasteiger partial charge in [0.05, 0.1) is 11.9 Å². The fraction of sp³-hybridized carbons (Fsp3) is 0.333. The van der Waals surface area contributed by atoms with Gasteiger partial charge >= 0.3 is 5.97 Å². The van der Waals surface area contributed by atoms with E-state index in [0.717, 1.165) is 0 Å². The minimum absolute atomic E-state index is 0.446. The zero-order valence-electron chi connectivity index (χ0n) is 9.94. The lowest BCUT2D eigenvalue weighted by Gasteiger charge is -2.04. The van der Waals surface area contributed by atoms with E-state index in [1.165, 1.54) is 6.21 Å². The molecule has 18 heavy (non-hydrogen) atoms. The number of hydrogen-bond donors (Lipinski definition) is 2. The van der Waals surface area contributed by atoms with Crippen LogP contribution in [0, 0.1) is 0 Å². The average molecular weight is 248 g/mol. The van der Waals surface area contributed by atoms with Crippen LogP contribution in [0.4, 0.5) is 0 Å². The maximum absolute atomic E-state index is 10.9. The van der Waals surface area contributed by atoms with Crippen molar-refractivity contribution in [2.24, 2.45) is 10.7 Å². The van der Waals surface area contributed by atoms with Crippen molar-refractivity contribution in [1.29, 1.82) is 0 Å². The van der Waals surface area contributed by atoms with Crippen LogP contribution in [0.2, 0.25) is 0 Å². The summed E-state index contributed by atoms with van der Waals surface area (Å²) in [5.74, 6) is -0.937. The van der Waals surface area contributed by atoms with Crippen molar-refractivity contribution in [3.05, 3.63) is 30.4 Å². The molecule has 0 aliphatic rings. The number of aromatic nitrogens is 2. The van der Waals surface area contributed by atoms with Crippen molar-refractivity contribution in [3.8, 4) is 0 Å². The van der Waals surface area contributed by atoms with Crippen LogP contribution in [0.1, 0.15) is 18.5 Å². The van der Waals surface area contributed by atoms with Gasteiger partial charge in [-0.25, -0.2) is 4.79 Å². The van der Waals surface area contributed by atoms with E-state index in [4.69, 9.17) is 10.8 Å². The second kappa shape index (κ2) is 8.08. The SMILES string of the molecule is NCCCC(N=C/C=C/c1cnccn1)C(=O)O. The summed E-state index contributed by atoms with van der Waals surface area (Å²) in [5.41, 5.74) is 6.03. The van der Waals surface area contributed by atoms with E-state index < -0.39 is 12.0 Å². The first kappa shape index (κ1) is 14.0. The summed E-state index contributed by atoms with van der Waals surface area (Å²) < 4.78 is 0. The molecule has 0 aliphatic heterocycles. The van der Waals surface area contributed by atoms with Crippen LogP contribution in [0.15, 0.2) is 29.7 Å². The number of carboxylic acid groups (broad SMARTS) is 1. The van der Waals surface area contributed by atoms with Crippen molar-refractivity contribution in [2.75, 3.05) is 6.54 Å². The minimum Gasteiger partial charge on any atom is -0.480 e. The number of aliphatic carboxylic acids is 1. The molecule has 0 bridgehead atoms. The molecule has 1 atom stereocenters. The van der Waals surface area contributed by atoms with Crippen LogP contribution < -0.4 is 5.73 Å². The van der Waals surface area contributed by atoms with E-state index in [0.29, 0.717) is 25.1 Å². The smallest absolute Gasteiger partial charge is 0.328 e. The van der Waals surface area contributed by atoms with E-state index in [-0.39, 0.29) is 0 Å². The van der Waals surface area contributed by atoms with Gasteiger partial charge in [-0.2, -0.15) is 0 Å². The first-order chi connectivity index (χ1) is 8.74. The molecule has 3 N–H and O–H groups in total. The van der Waals surface area contributed by atoms with Gasteiger partial charge in [-0.05, 0) is 31.5 Å². The highest BCUT2D eigenvalue weighted by atomic mass is 16.4. The molecule has 0 aliphatic carbocycles. The molecule has 0 spiro atoms. The third kappa shape index (κ3) is 5.31. The van der Waals surface area contributed by atoms with Gasteiger partial charge in [-0.3, -0.25) is 15.0 Å². The first-order valence-electron chi connectivity index (χ1n) is 5.62. The Bertz CT molecular complexity index is 417. The van der Waals surface area contributed by atoms with E-state index in [9.17, 15) is 4.79 Å². The molecule has 1 heterocycles. The molecule has 6 heteroatoms. The van der Waals surface area contributed by atoms with Gasteiger partial charge in [0.2, 0.25) is 0 Å². The van der Waals surface area contributed by atoms with Crippen LogP contribution in [0.25, 0.3) is 6.08 Å². The van der Waals surface area contributed by atoms with E-state index >= 15 is 0 Å². The number of carbonyl (C=O) groups is 1. The van der Waals surface area contributed by atoms with Gasteiger partial charge in [0.25, 0.3) is 0 Å². The lowest BCUT2D eigenvalue weighted by atomic mass is 10.1. The Morgan fingerprint density at radius 1 is 1.56 bits per heavy atom. The van der Waals surface area contributed by atoms with Gasteiger partial charge in [0.1, 0.15) is 6.04 Å². The van der Waals surface area contributed by atoms with E-state index in [1.807, 2.05) is 0 Å². The van der Waals surface area contributed by atoms with Crippen LogP contribution >= 0.6 is 0 Å². The van der Waals surface area contributed by atoms with Gasteiger partial charge < -0.3 is 10.8 Å². The fourth-order valence-electron chi connectivity index (χ4n) is 1.26. The average Bonchev–Trinajstić information content (AvgIpc) is 2.38. The van der Waals surface area contributed by atoms with Crippen molar-refractivity contribution >= 4 is 18.3 Å². The predicted molar refractivity (Wildman–Crippen MR) is 69.3 cm³/mol. The second-order valence-corrected chi connectivity index (χ2v) is 3.57. The Kier molecular flexibility index (Phi) is 6.27. The van der Waals surface area contributed by atoms with Crippen molar-refractivity contribution in [1.82, 2.24) is 9.97 Å². The van der Waals surface area contributed by atoms with Crippen LogP contribution in [-0.2, 0) is 4.79 Å². The van der Waals surface area contributed by atoms with E-state index in [2.05, 4.69) is 15.0 Å². The third-order valence-electron chi connectivity index (χ3n) is 2.17. The molecule has 0 fully saturated rings. The molecule has 1 unspecified atom stereocenters. The van der Waals surface area contributed by atoms with Crippen LogP contribution in [0.5, 0.6) is 0 Å². The van der Waals surface area contributed by atoms with E-state index in [1.54, 1.807) is 30.7 Å². The molecule has 1 rings (SSSR count). The quantitative estimate of drug-likeness (QED) is 0.693. The zero-order chi connectivity index (χ0) is 13.2. The molecule has 0 saturated heterocycles. The maximum atomic E-state index is 10.9. The number of aliphatic imine (C=N–C) groups is 1. The Balaban J connectivity index is 2.51. The summed E-state index contributed by atoms with van der Waals surface area (Å²) in [6.07, 6.45) is 10.7. The monoisotopic (exact) mass is 248 g/mol. The summed E-state index contributed by atoms with van der Waals surface area (Å²) in [6.45, 7) is 0.467. The Morgan fingerprint density at radius 3 is 3.00 bits per heavy atom. The van der Waals surface area contributed by atoms with Crippen molar-refractivity contribution < 1.29 is 9.90 Å². The molecule has 0 saturated carbocycles. The molecular formula is C12H16N4O2. The normalized spacial score (nSPS) is 13.2. The summed E-state index contributed by atoms with van der Waals surface area (Å²) in [7, 11) is 0. The number of nitrogens with two attached hydrogens (primary N) is 1. The Morgan fingerprint density at radius 2 is 2.39 bits per heavy atom. The minimum atomic E-state index is -0.937. The maximum Gasteiger partial charge on any atom is 0.328 e. The number of rotatable bonds is 7. The molecule has 0 radical (unpaired) electrons. The number of carboxylic acids is 1. The lowest BCUT2D eigenvalue weighted by molar-refractivity contribution is -0.138. The highest BCUT2D eigenvalue weighted by Crippen LogP contribution is 2.01. The summed E-state index contributed by atoms with van der Waals surface area (Å²) >= 11 is 0. The van der Waals surface area contributed by atoms with Crippen molar-refractivity contribution in [3.63, 3.8) is 0 Å². The molecule has 0 aromatic carbocycles. The molecule has 1 aromatic rings. The largest absolute Gasteiger partial charge is 0.480 e. The Hall–Kier alpha value is -2.08. The van der Waals surface area contributed by atoms with Gasteiger partial charge in [-0.1, -0.05) is 0 Å². The van der Waals surface area contributed by atoms with Gasteiger partial charge in [0, 0.05) is 18.6 Å². The number of nitrogens with zero attached hydrogens (tertiary/aromatic N) is 3. The zero-order valence-corrected chi connectivity index (χ0v) is 9.94. The third-order valence-corrected chi connectivity index (χ3v) is 2.17. The molecular weight excluding hydrogens is 232 g/mol. The molecule has 0 amide bonds. The fourth-order valence-corrected chi connectivity index (χ4v) is 1.26. The van der Waals surface area contributed by atoms with Gasteiger partial charge in [-0.15, -0.1) is 0 Å². The molecule has 1 aromatic heterocycles. The molecule has 6 nitrogen and oxygen atoms in total. The van der Waals surface area contributed by atoms with Crippen molar-refractivity contribution in [2.45, 2.75) is 18.9 Å². The highest BCUT2D eigenvalue weighted by Gasteiger charge is 2.13. The number of hydrogen-bond acceptors (Lipinski definition) is 5. The van der Waals surface area contributed by atoms with Gasteiger partial charge in [0.15, 0.2) is 0 Å². The topological polar surface area (TPSA) is 101 Å².